The molecule has 0 bridgehead atoms. The second-order valence-electron chi connectivity index (χ2n) is 8.33. The van der Waals surface area contributed by atoms with E-state index in [0.29, 0.717) is 5.56 Å². The van der Waals surface area contributed by atoms with Gasteiger partial charge in [0.2, 0.25) is 0 Å². The van der Waals surface area contributed by atoms with E-state index in [4.69, 9.17) is 4.98 Å². The molecule has 0 saturated heterocycles. The van der Waals surface area contributed by atoms with Gasteiger partial charge in [0.25, 0.3) is 5.91 Å². The van der Waals surface area contributed by atoms with E-state index >= 15 is 0 Å². The summed E-state index contributed by atoms with van der Waals surface area (Å²) in [5.41, 5.74) is 5.38. The van der Waals surface area contributed by atoms with Crippen LogP contribution in [0.4, 0.5) is 5.82 Å². The molecule has 0 saturated carbocycles. The molecule has 4 aromatic rings. The normalized spacial score (nSPS) is 14.1. The van der Waals surface area contributed by atoms with Gasteiger partial charge in [0.1, 0.15) is 5.82 Å². The Hall–Kier alpha value is -3.66. The SMILES string of the molecule is CCC(NC(=O)c1cc(N2CCc3ccccc3C2)nc2ccccc12)c1ccccc1. The van der Waals surface area contributed by atoms with Gasteiger partial charge in [0.15, 0.2) is 0 Å². The van der Waals surface area contributed by atoms with E-state index in [1.807, 2.05) is 48.5 Å². The zero-order valence-corrected chi connectivity index (χ0v) is 18.3. The molecule has 1 atom stereocenters. The van der Waals surface area contributed by atoms with Crippen molar-refractivity contribution in [2.45, 2.75) is 32.4 Å². The Balaban J connectivity index is 1.49. The van der Waals surface area contributed by atoms with Crippen LogP contribution in [0.2, 0.25) is 0 Å². The zero-order chi connectivity index (χ0) is 21.9. The standard InChI is InChI=1S/C28H27N3O/c1-2-25(21-11-4-3-5-12-21)30-28(32)24-18-27(29-26-15-9-8-14-23(24)26)31-17-16-20-10-6-7-13-22(20)19-31/h3-15,18,25H,2,16-17,19H2,1H3,(H,30,32). The van der Waals surface area contributed by atoms with Crippen LogP contribution in [-0.4, -0.2) is 17.4 Å². The molecule has 1 unspecified atom stereocenters. The van der Waals surface area contributed by atoms with Gasteiger partial charge in [-0.05, 0) is 41.7 Å². The number of rotatable bonds is 5. The molecule has 0 fully saturated rings. The molecule has 4 heteroatoms. The molecule has 3 aromatic carbocycles. The number of amides is 1. The molecule has 0 spiro atoms. The molecule has 5 rings (SSSR count). The minimum Gasteiger partial charge on any atom is -0.352 e. The molecule has 1 N–H and O–H groups in total. The number of benzene rings is 3. The van der Waals surface area contributed by atoms with Crippen molar-refractivity contribution in [1.29, 1.82) is 0 Å². The van der Waals surface area contributed by atoms with Crippen molar-refractivity contribution in [3.8, 4) is 0 Å². The Morgan fingerprint density at radius 1 is 0.969 bits per heavy atom. The highest BCUT2D eigenvalue weighted by Gasteiger charge is 2.21. The first-order valence-electron chi connectivity index (χ1n) is 11.3. The minimum atomic E-state index is -0.0574. The first-order valence-corrected chi connectivity index (χ1v) is 11.3. The summed E-state index contributed by atoms with van der Waals surface area (Å²) in [5, 5.41) is 4.14. The molecule has 0 aliphatic carbocycles. The number of fused-ring (bicyclic) bond motifs is 2. The van der Waals surface area contributed by atoms with E-state index in [2.05, 4.69) is 53.5 Å². The Kier molecular flexibility index (Phi) is 5.59. The number of aromatic nitrogens is 1. The summed E-state index contributed by atoms with van der Waals surface area (Å²) in [6.45, 7) is 3.80. The molecular weight excluding hydrogens is 394 g/mol. The lowest BCUT2D eigenvalue weighted by atomic mass is 9.99. The van der Waals surface area contributed by atoms with Gasteiger partial charge in [-0.25, -0.2) is 4.98 Å². The van der Waals surface area contributed by atoms with Crippen LogP contribution in [0.15, 0.2) is 84.9 Å². The van der Waals surface area contributed by atoms with Crippen molar-refractivity contribution in [2.24, 2.45) is 0 Å². The van der Waals surface area contributed by atoms with E-state index in [0.717, 1.165) is 48.2 Å². The molecular formula is C28H27N3O. The molecule has 160 valence electrons. The highest BCUT2D eigenvalue weighted by atomic mass is 16.1. The zero-order valence-electron chi connectivity index (χ0n) is 18.3. The summed E-state index contributed by atoms with van der Waals surface area (Å²) in [7, 11) is 0. The number of anilines is 1. The van der Waals surface area contributed by atoms with Crippen LogP contribution in [-0.2, 0) is 13.0 Å². The number of para-hydroxylation sites is 1. The molecule has 0 radical (unpaired) electrons. The van der Waals surface area contributed by atoms with E-state index < -0.39 is 0 Å². The number of carbonyl (C=O) groups excluding carboxylic acids is 1. The van der Waals surface area contributed by atoms with Gasteiger partial charge in [-0.1, -0.05) is 79.7 Å². The largest absolute Gasteiger partial charge is 0.352 e. The molecule has 1 aliphatic heterocycles. The van der Waals surface area contributed by atoms with Crippen LogP contribution in [0.25, 0.3) is 10.9 Å². The molecule has 4 nitrogen and oxygen atoms in total. The van der Waals surface area contributed by atoms with Crippen molar-refractivity contribution in [3.05, 3.63) is 107 Å². The summed E-state index contributed by atoms with van der Waals surface area (Å²) >= 11 is 0. The summed E-state index contributed by atoms with van der Waals surface area (Å²) in [4.78, 5) is 20.7. The van der Waals surface area contributed by atoms with Crippen molar-refractivity contribution < 1.29 is 4.79 Å². The second-order valence-corrected chi connectivity index (χ2v) is 8.33. The average molecular weight is 422 g/mol. The summed E-state index contributed by atoms with van der Waals surface area (Å²) in [6, 6.07) is 28.6. The van der Waals surface area contributed by atoms with E-state index in [1.54, 1.807) is 0 Å². The predicted molar refractivity (Wildman–Crippen MR) is 130 cm³/mol. The smallest absolute Gasteiger partial charge is 0.252 e. The van der Waals surface area contributed by atoms with Gasteiger partial charge >= 0.3 is 0 Å². The third-order valence-corrected chi connectivity index (χ3v) is 6.32. The second kappa shape index (κ2) is 8.83. The van der Waals surface area contributed by atoms with Gasteiger partial charge in [-0.2, -0.15) is 0 Å². The number of nitrogens with zero attached hydrogens (tertiary/aromatic N) is 2. The van der Waals surface area contributed by atoms with E-state index in [-0.39, 0.29) is 11.9 Å². The molecule has 1 amide bonds. The van der Waals surface area contributed by atoms with Crippen molar-refractivity contribution >= 4 is 22.6 Å². The van der Waals surface area contributed by atoms with Gasteiger partial charge in [0.05, 0.1) is 17.1 Å². The molecule has 32 heavy (non-hydrogen) atoms. The van der Waals surface area contributed by atoms with Crippen molar-refractivity contribution in [3.63, 3.8) is 0 Å². The number of hydrogen-bond donors (Lipinski definition) is 1. The third kappa shape index (κ3) is 3.96. The minimum absolute atomic E-state index is 0.0269. The lowest BCUT2D eigenvalue weighted by Gasteiger charge is -2.30. The summed E-state index contributed by atoms with van der Waals surface area (Å²) < 4.78 is 0. The summed E-state index contributed by atoms with van der Waals surface area (Å²) in [5.74, 6) is 0.800. The Morgan fingerprint density at radius 3 is 2.50 bits per heavy atom. The van der Waals surface area contributed by atoms with Crippen molar-refractivity contribution in [2.75, 3.05) is 11.4 Å². The first kappa shape index (κ1) is 20.3. The quantitative estimate of drug-likeness (QED) is 0.451. The maximum absolute atomic E-state index is 13.5. The summed E-state index contributed by atoms with van der Waals surface area (Å²) in [6.07, 6.45) is 1.81. The molecule has 1 aromatic heterocycles. The molecule has 1 aliphatic rings. The van der Waals surface area contributed by atoms with Crippen LogP contribution in [0.3, 0.4) is 0 Å². The van der Waals surface area contributed by atoms with Gasteiger partial charge in [-0.3, -0.25) is 4.79 Å². The lowest BCUT2D eigenvalue weighted by Crippen LogP contribution is -2.32. The maximum Gasteiger partial charge on any atom is 0.252 e. The van der Waals surface area contributed by atoms with Crippen LogP contribution in [0.5, 0.6) is 0 Å². The first-order chi connectivity index (χ1) is 15.7. The number of hydrogen-bond acceptors (Lipinski definition) is 3. The Bertz CT molecular complexity index is 1250. The monoisotopic (exact) mass is 421 g/mol. The number of pyridine rings is 1. The van der Waals surface area contributed by atoms with E-state index in [9.17, 15) is 4.79 Å². The average Bonchev–Trinajstić information content (AvgIpc) is 2.86. The number of carbonyl (C=O) groups is 1. The predicted octanol–water partition coefficient (Wildman–Crippen LogP) is 5.68. The van der Waals surface area contributed by atoms with Crippen LogP contribution in [0, 0.1) is 0 Å². The van der Waals surface area contributed by atoms with Crippen molar-refractivity contribution in [1.82, 2.24) is 10.3 Å². The van der Waals surface area contributed by atoms with Crippen LogP contribution >= 0.6 is 0 Å². The number of nitrogens with one attached hydrogen (secondary N) is 1. The Morgan fingerprint density at radius 2 is 1.69 bits per heavy atom. The molecule has 2 heterocycles. The fourth-order valence-electron chi connectivity index (χ4n) is 4.54. The Labute approximate surface area is 188 Å². The highest BCUT2D eigenvalue weighted by molar-refractivity contribution is 6.07. The highest BCUT2D eigenvalue weighted by Crippen LogP contribution is 2.28. The van der Waals surface area contributed by atoms with E-state index in [1.165, 1.54) is 11.1 Å². The van der Waals surface area contributed by atoms with Crippen LogP contribution in [0.1, 0.15) is 46.4 Å². The van der Waals surface area contributed by atoms with Gasteiger partial charge in [0, 0.05) is 18.5 Å². The van der Waals surface area contributed by atoms with Gasteiger partial charge < -0.3 is 10.2 Å². The van der Waals surface area contributed by atoms with Gasteiger partial charge in [-0.15, -0.1) is 0 Å². The fraction of sp³-hybridized carbons (Fsp3) is 0.214. The topological polar surface area (TPSA) is 45.2 Å². The maximum atomic E-state index is 13.5. The van der Waals surface area contributed by atoms with Crippen LogP contribution < -0.4 is 10.2 Å². The lowest BCUT2D eigenvalue weighted by molar-refractivity contribution is 0.0937. The fourth-order valence-corrected chi connectivity index (χ4v) is 4.54. The third-order valence-electron chi connectivity index (χ3n) is 6.32.